The zero-order valence-electron chi connectivity index (χ0n) is 6.16. The van der Waals surface area contributed by atoms with E-state index >= 15 is 0 Å². The summed E-state index contributed by atoms with van der Waals surface area (Å²) < 4.78 is 0. The van der Waals surface area contributed by atoms with E-state index in [-0.39, 0.29) is 32.1 Å². The van der Waals surface area contributed by atoms with Crippen molar-refractivity contribution in [2.45, 2.75) is 12.8 Å². The summed E-state index contributed by atoms with van der Waals surface area (Å²) in [6.07, 6.45) is 6.17. The minimum absolute atomic E-state index is 0. The molecule has 2 bridgehead atoms. The minimum atomic E-state index is -0.614. The number of allylic oxidation sites excluding steroid dienone is 2. The van der Waals surface area contributed by atoms with Gasteiger partial charge in [0, 0.05) is 26.2 Å². The van der Waals surface area contributed by atoms with Gasteiger partial charge in [-0.2, -0.15) is 0 Å². The van der Waals surface area contributed by atoms with Crippen molar-refractivity contribution in [1.29, 1.82) is 0 Å². The molecule has 3 unspecified atom stereocenters. The fraction of sp³-hybridized carbons (Fsp3) is 0.625. The van der Waals surface area contributed by atoms with E-state index < -0.39 is 5.97 Å². The molecule has 1 N–H and O–H groups in total. The molecule has 3 atom stereocenters. The van der Waals surface area contributed by atoms with Crippen LogP contribution in [-0.2, 0) is 31.0 Å². The summed E-state index contributed by atoms with van der Waals surface area (Å²) in [5.74, 6) is 0.237. The van der Waals surface area contributed by atoms with Gasteiger partial charge in [0.2, 0.25) is 0 Å². The first-order valence-corrected chi connectivity index (χ1v) is 3.68. The number of aliphatic carboxylic acids is 1. The molecule has 3 heteroatoms. The van der Waals surface area contributed by atoms with Crippen LogP contribution in [-0.4, -0.2) is 11.1 Å². The number of carboxylic acids is 1. The zero-order valence-corrected chi connectivity index (χ0v) is 8.61. The smallest absolute Gasteiger partial charge is 0.307 e. The van der Waals surface area contributed by atoms with Crippen molar-refractivity contribution >= 4 is 5.97 Å². The van der Waals surface area contributed by atoms with Crippen molar-refractivity contribution in [2.75, 3.05) is 0 Å². The van der Waals surface area contributed by atoms with Crippen molar-refractivity contribution in [3.8, 4) is 0 Å². The summed E-state index contributed by atoms with van der Waals surface area (Å²) >= 11 is 0. The average molecular weight is 229 g/mol. The van der Waals surface area contributed by atoms with Gasteiger partial charge in [-0.05, 0) is 24.7 Å². The predicted molar refractivity (Wildman–Crippen MR) is 36.5 cm³/mol. The van der Waals surface area contributed by atoms with E-state index in [1.165, 1.54) is 0 Å². The molecule has 58 valence electrons. The third-order valence-electron chi connectivity index (χ3n) is 2.60. The maximum absolute atomic E-state index is 10.6. The molecule has 0 radical (unpaired) electrons. The van der Waals surface area contributed by atoms with Gasteiger partial charge in [-0.25, -0.2) is 0 Å². The summed E-state index contributed by atoms with van der Waals surface area (Å²) in [5, 5.41) is 8.70. The maximum atomic E-state index is 10.6. The molecule has 2 nitrogen and oxygen atoms in total. The molecule has 0 aliphatic heterocycles. The van der Waals surface area contributed by atoms with E-state index in [1.807, 2.05) is 0 Å². The Morgan fingerprint density at radius 1 is 1.36 bits per heavy atom. The Labute approximate surface area is 84.8 Å². The standard InChI is InChI=1S/C8H10O2.Zr/c9-8(10)7-4-5-1-2-6(7)3-5;/h1-2,5-7H,3-4H2,(H,9,10);. The second kappa shape index (κ2) is 3.22. The van der Waals surface area contributed by atoms with Crippen LogP contribution >= 0.6 is 0 Å². The van der Waals surface area contributed by atoms with Crippen LogP contribution in [0.15, 0.2) is 12.2 Å². The van der Waals surface area contributed by atoms with Crippen LogP contribution in [0.4, 0.5) is 0 Å². The van der Waals surface area contributed by atoms with Crippen molar-refractivity contribution in [3.63, 3.8) is 0 Å². The predicted octanol–water partition coefficient (Wildman–Crippen LogP) is 1.28. The zero-order chi connectivity index (χ0) is 7.14. The molecule has 1 fully saturated rings. The van der Waals surface area contributed by atoms with Gasteiger partial charge in [0.1, 0.15) is 0 Å². The molecule has 0 spiro atoms. The van der Waals surface area contributed by atoms with E-state index in [2.05, 4.69) is 12.2 Å². The van der Waals surface area contributed by atoms with Gasteiger partial charge in [-0.3, -0.25) is 4.79 Å². The van der Waals surface area contributed by atoms with Crippen LogP contribution in [0.2, 0.25) is 0 Å². The molecule has 0 heterocycles. The van der Waals surface area contributed by atoms with Gasteiger partial charge in [0.25, 0.3) is 0 Å². The number of fused-ring (bicyclic) bond motifs is 2. The second-order valence-electron chi connectivity index (χ2n) is 3.22. The van der Waals surface area contributed by atoms with Crippen LogP contribution in [0.1, 0.15) is 12.8 Å². The third kappa shape index (κ3) is 1.49. The first kappa shape index (κ1) is 9.18. The molecule has 0 amide bonds. The van der Waals surface area contributed by atoms with Crippen molar-refractivity contribution in [3.05, 3.63) is 12.2 Å². The fourth-order valence-corrected chi connectivity index (χ4v) is 2.06. The average Bonchev–Trinajstić information content (AvgIpc) is 2.44. The number of carboxylic acid groups (broad SMARTS) is 1. The first-order valence-electron chi connectivity index (χ1n) is 3.68. The van der Waals surface area contributed by atoms with Gasteiger partial charge in [0.15, 0.2) is 0 Å². The molecule has 1 saturated carbocycles. The van der Waals surface area contributed by atoms with E-state index in [0.29, 0.717) is 11.8 Å². The molecule has 2 rings (SSSR count). The van der Waals surface area contributed by atoms with Gasteiger partial charge in [-0.15, -0.1) is 0 Å². The summed E-state index contributed by atoms with van der Waals surface area (Å²) in [4.78, 5) is 10.6. The Kier molecular flexibility index (Phi) is 2.69. The van der Waals surface area contributed by atoms with Crippen LogP contribution in [0.25, 0.3) is 0 Å². The quantitative estimate of drug-likeness (QED) is 0.688. The summed E-state index contributed by atoms with van der Waals surface area (Å²) in [6.45, 7) is 0. The second-order valence-corrected chi connectivity index (χ2v) is 3.22. The number of carbonyl (C=O) groups is 1. The Balaban J connectivity index is 0.000000605. The fourth-order valence-electron chi connectivity index (χ4n) is 2.06. The SMILES string of the molecule is O=C(O)C1CC2C=CC1C2.[Zr]. The molecule has 2 aliphatic rings. The van der Waals surface area contributed by atoms with Crippen LogP contribution in [0, 0.1) is 17.8 Å². The Hall–Kier alpha value is 0.0931. The molecular weight excluding hydrogens is 219 g/mol. The number of rotatable bonds is 1. The van der Waals surface area contributed by atoms with E-state index in [4.69, 9.17) is 5.11 Å². The molecule has 0 aromatic heterocycles. The normalized spacial score (nSPS) is 38.7. The van der Waals surface area contributed by atoms with Crippen molar-refractivity contribution < 1.29 is 36.1 Å². The number of hydrogen-bond acceptors (Lipinski definition) is 1. The van der Waals surface area contributed by atoms with Crippen LogP contribution in [0.5, 0.6) is 0 Å². The Morgan fingerprint density at radius 2 is 2.09 bits per heavy atom. The Morgan fingerprint density at radius 3 is 2.36 bits per heavy atom. The minimum Gasteiger partial charge on any atom is -0.481 e. The summed E-state index contributed by atoms with van der Waals surface area (Å²) in [5.41, 5.74) is 0. The third-order valence-corrected chi connectivity index (χ3v) is 2.60. The molecule has 0 aromatic carbocycles. The Bertz CT molecular complexity index is 200. The van der Waals surface area contributed by atoms with E-state index in [0.717, 1.165) is 12.8 Å². The summed E-state index contributed by atoms with van der Waals surface area (Å²) in [6, 6.07) is 0. The van der Waals surface area contributed by atoms with Gasteiger partial charge >= 0.3 is 5.97 Å². The van der Waals surface area contributed by atoms with E-state index in [9.17, 15) is 4.79 Å². The summed E-state index contributed by atoms with van der Waals surface area (Å²) in [7, 11) is 0. The molecular formula is C8H10O2Zr. The van der Waals surface area contributed by atoms with Crippen molar-refractivity contribution in [1.82, 2.24) is 0 Å². The van der Waals surface area contributed by atoms with Gasteiger partial charge < -0.3 is 5.11 Å². The molecule has 2 aliphatic carbocycles. The molecule has 0 aromatic rings. The topological polar surface area (TPSA) is 37.3 Å². The van der Waals surface area contributed by atoms with Crippen molar-refractivity contribution in [2.24, 2.45) is 17.8 Å². The van der Waals surface area contributed by atoms with Gasteiger partial charge in [-0.1, -0.05) is 12.2 Å². The van der Waals surface area contributed by atoms with Crippen LogP contribution < -0.4 is 0 Å². The van der Waals surface area contributed by atoms with Gasteiger partial charge in [0.05, 0.1) is 5.92 Å². The number of hydrogen-bond donors (Lipinski definition) is 1. The van der Waals surface area contributed by atoms with E-state index in [1.54, 1.807) is 0 Å². The monoisotopic (exact) mass is 228 g/mol. The molecule has 11 heavy (non-hydrogen) atoms. The largest absolute Gasteiger partial charge is 0.481 e. The first-order chi connectivity index (χ1) is 4.77. The molecule has 0 saturated heterocycles. The maximum Gasteiger partial charge on any atom is 0.307 e. The van der Waals surface area contributed by atoms with Crippen LogP contribution in [0.3, 0.4) is 0 Å².